The van der Waals surface area contributed by atoms with Gasteiger partial charge in [0.25, 0.3) is 5.69 Å². The summed E-state index contributed by atoms with van der Waals surface area (Å²) in [5.41, 5.74) is 6.50. The molecule has 1 aromatic carbocycles. The zero-order chi connectivity index (χ0) is 15.5. The first-order valence-electron chi connectivity index (χ1n) is 5.70. The number of halogens is 1. The van der Waals surface area contributed by atoms with Gasteiger partial charge in [-0.05, 0) is 19.4 Å². The van der Waals surface area contributed by atoms with Crippen molar-refractivity contribution in [1.29, 1.82) is 0 Å². The van der Waals surface area contributed by atoms with Crippen LogP contribution in [-0.4, -0.2) is 26.8 Å². The van der Waals surface area contributed by atoms with Crippen LogP contribution in [0.3, 0.4) is 0 Å². The summed E-state index contributed by atoms with van der Waals surface area (Å²) in [6, 6.07) is 3.52. The van der Waals surface area contributed by atoms with Crippen LogP contribution in [0.5, 0.6) is 0 Å². The third-order valence-corrected chi connectivity index (χ3v) is 5.05. The topological polar surface area (TPSA) is 106 Å². The minimum Gasteiger partial charge on any atom is -0.480 e. The highest BCUT2D eigenvalue weighted by molar-refractivity contribution is 9.10. The number of benzene rings is 1. The number of hydrogen-bond acceptors (Lipinski definition) is 5. The van der Waals surface area contributed by atoms with Crippen LogP contribution in [0.15, 0.2) is 22.7 Å². The van der Waals surface area contributed by atoms with E-state index in [-0.39, 0.29) is 5.69 Å². The molecule has 6 nitrogen and oxygen atoms in total. The number of carbonyl (C=O) groups is 1. The van der Waals surface area contributed by atoms with Crippen LogP contribution >= 0.6 is 27.7 Å². The minimum absolute atomic E-state index is 0.00659. The lowest BCUT2D eigenvalue weighted by Crippen LogP contribution is -2.46. The monoisotopic (exact) mass is 362 g/mol. The van der Waals surface area contributed by atoms with E-state index in [1.165, 1.54) is 23.9 Å². The summed E-state index contributed by atoms with van der Waals surface area (Å²) in [7, 11) is 0. The SMILES string of the molecule is CC(C)(SCc1ccc([N+](=O)[O-])cc1Br)[C@@H](N)C(=O)O. The lowest BCUT2D eigenvalue weighted by atomic mass is 10.1. The number of nitrogens with zero attached hydrogens (tertiary/aromatic N) is 1. The van der Waals surface area contributed by atoms with Crippen molar-refractivity contribution in [1.82, 2.24) is 0 Å². The number of thioether (sulfide) groups is 1. The standard InChI is InChI=1S/C12H15BrN2O4S/c1-12(2,10(14)11(16)17)20-6-7-3-4-8(15(18)19)5-9(7)13/h3-5,10H,6,14H2,1-2H3,(H,16,17)/t10-/m0/s1. The van der Waals surface area contributed by atoms with Gasteiger partial charge in [0.1, 0.15) is 6.04 Å². The minimum atomic E-state index is -1.05. The zero-order valence-corrected chi connectivity index (χ0v) is 13.4. The molecule has 0 bridgehead atoms. The van der Waals surface area contributed by atoms with Gasteiger partial charge in [0, 0.05) is 27.1 Å². The quantitative estimate of drug-likeness (QED) is 0.595. The number of nitro benzene ring substituents is 1. The number of hydrogen-bond donors (Lipinski definition) is 2. The fourth-order valence-electron chi connectivity index (χ4n) is 1.42. The molecule has 0 aliphatic carbocycles. The Balaban J connectivity index is 2.80. The van der Waals surface area contributed by atoms with E-state index < -0.39 is 21.7 Å². The number of nitrogens with two attached hydrogens (primary N) is 1. The lowest BCUT2D eigenvalue weighted by Gasteiger charge is -2.28. The highest BCUT2D eigenvalue weighted by Crippen LogP contribution is 2.33. The second-order valence-electron chi connectivity index (χ2n) is 4.74. The van der Waals surface area contributed by atoms with Gasteiger partial charge in [-0.25, -0.2) is 0 Å². The molecule has 20 heavy (non-hydrogen) atoms. The van der Waals surface area contributed by atoms with E-state index in [1.54, 1.807) is 19.9 Å². The lowest BCUT2D eigenvalue weighted by molar-refractivity contribution is -0.384. The predicted molar refractivity (Wildman–Crippen MR) is 81.8 cm³/mol. The van der Waals surface area contributed by atoms with Gasteiger partial charge in [-0.15, -0.1) is 11.8 Å². The van der Waals surface area contributed by atoms with Crippen molar-refractivity contribution < 1.29 is 14.8 Å². The Morgan fingerprint density at radius 1 is 1.60 bits per heavy atom. The molecule has 1 atom stereocenters. The predicted octanol–water partition coefficient (Wildman–Crippen LogP) is 2.78. The average Bonchev–Trinajstić information content (AvgIpc) is 2.35. The summed E-state index contributed by atoms with van der Waals surface area (Å²) in [6.07, 6.45) is 0. The molecule has 3 N–H and O–H groups in total. The average molecular weight is 363 g/mol. The molecule has 1 rings (SSSR count). The van der Waals surface area contributed by atoms with E-state index in [0.717, 1.165) is 5.56 Å². The Hall–Kier alpha value is -1.12. The summed E-state index contributed by atoms with van der Waals surface area (Å²) in [5, 5.41) is 19.6. The highest BCUT2D eigenvalue weighted by atomic mass is 79.9. The molecule has 0 unspecified atom stereocenters. The molecule has 0 spiro atoms. The molecule has 0 heterocycles. The number of carboxylic acids is 1. The third-order valence-electron chi connectivity index (χ3n) is 2.86. The maximum absolute atomic E-state index is 10.9. The summed E-state index contributed by atoms with van der Waals surface area (Å²) < 4.78 is -0.0218. The fraction of sp³-hybridized carbons (Fsp3) is 0.417. The van der Waals surface area contributed by atoms with Gasteiger partial charge >= 0.3 is 5.97 Å². The molecular weight excluding hydrogens is 348 g/mol. The van der Waals surface area contributed by atoms with Crippen LogP contribution in [0.4, 0.5) is 5.69 Å². The van der Waals surface area contributed by atoms with Crippen LogP contribution in [0, 0.1) is 10.1 Å². The maximum Gasteiger partial charge on any atom is 0.321 e. The van der Waals surface area contributed by atoms with Crippen molar-refractivity contribution in [2.45, 2.75) is 30.4 Å². The normalized spacial score (nSPS) is 13.0. The van der Waals surface area contributed by atoms with Gasteiger partial charge in [0.05, 0.1) is 4.92 Å². The molecule has 8 heteroatoms. The van der Waals surface area contributed by atoms with Crippen molar-refractivity contribution in [3.05, 3.63) is 38.3 Å². The molecule has 0 amide bonds. The second kappa shape index (κ2) is 6.55. The number of non-ortho nitro benzene ring substituents is 1. The number of aliphatic carboxylic acids is 1. The fourth-order valence-corrected chi connectivity index (χ4v) is 3.17. The Bertz CT molecular complexity index is 536. The molecule has 0 saturated carbocycles. The van der Waals surface area contributed by atoms with Crippen molar-refractivity contribution in [2.24, 2.45) is 5.73 Å². The molecule has 0 saturated heterocycles. The maximum atomic E-state index is 10.9. The molecule has 0 aliphatic rings. The number of rotatable bonds is 6. The molecule has 0 radical (unpaired) electrons. The molecule has 110 valence electrons. The first-order chi connectivity index (χ1) is 9.15. The summed E-state index contributed by atoms with van der Waals surface area (Å²) in [4.78, 5) is 21.1. The van der Waals surface area contributed by atoms with Gasteiger partial charge < -0.3 is 10.8 Å². The van der Waals surface area contributed by atoms with Crippen LogP contribution in [0.25, 0.3) is 0 Å². The summed E-state index contributed by atoms with van der Waals surface area (Å²) >= 11 is 4.67. The summed E-state index contributed by atoms with van der Waals surface area (Å²) in [6.45, 7) is 3.52. The third kappa shape index (κ3) is 4.19. The molecular formula is C12H15BrN2O4S. The van der Waals surface area contributed by atoms with Gasteiger partial charge in [0.15, 0.2) is 0 Å². The van der Waals surface area contributed by atoms with Crippen molar-refractivity contribution in [3.63, 3.8) is 0 Å². The smallest absolute Gasteiger partial charge is 0.321 e. The molecule has 0 fully saturated rings. The summed E-state index contributed by atoms with van der Waals surface area (Å²) in [5.74, 6) is -0.544. The molecule has 0 aromatic heterocycles. The zero-order valence-electron chi connectivity index (χ0n) is 11.0. The van der Waals surface area contributed by atoms with Crippen LogP contribution < -0.4 is 5.73 Å². The van der Waals surface area contributed by atoms with E-state index in [9.17, 15) is 14.9 Å². The second-order valence-corrected chi connectivity index (χ2v) is 7.22. The van der Waals surface area contributed by atoms with Crippen molar-refractivity contribution in [2.75, 3.05) is 0 Å². The number of nitro groups is 1. The largest absolute Gasteiger partial charge is 0.480 e. The first kappa shape index (κ1) is 16.9. The molecule has 0 aliphatic heterocycles. The Morgan fingerprint density at radius 2 is 2.20 bits per heavy atom. The Morgan fingerprint density at radius 3 is 2.65 bits per heavy atom. The van der Waals surface area contributed by atoms with E-state index in [2.05, 4.69) is 15.9 Å². The van der Waals surface area contributed by atoms with Crippen molar-refractivity contribution in [3.8, 4) is 0 Å². The van der Waals surface area contributed by atoms with E-state index in [0.29, 0.717) is 10.2 Å². The van der Waals surface area contributed by atoms with E-state index >= 15 is 0 Å². The Labute approximate surface area is 129 Å². The molecule has 1 aromatic rings. The van der Waals surface area contributed by atoms with Crippen LogP contribution in [0.2, 0.25) is 0 Å². The van der Waals surface area contributed by atoms with Crippen molar-refractivity contribution >= 4 is 39.3 Å². The Kier molecular flexibility index (Phi) is 5.55. The van der Waals surface area contributed by atoms with Gasteiger partial charge in [-0.2, -0.15) is 0 Å². The first-order valence-corrected chi connectivity index (χ1v) is 7.48. The van der Waals surface area contributed by atoms with Crippen LogP contribution in [0.1, 0.15) is 19.4 Å². The van der Waals surface area contributed by atoms with Gasteiger partial charge in [-0.3, -0.25) is 14.9 Å². The van der Waals surface area contributed by atoms with E-state index in [1.807, 2.05) is 0 Å². The van der Waals surface area contributed by atoms with E-state index in [4.69, 9.17) is 10.8 Å². The highest BCUT2D eigenvalue weighted by Gasteiger charge is 2.32. The van der Waals surface area contributed by atoms with Gasteiger partial charge in [0.2, 0.25) is 0 Å². The number of carboxylic acid groups (broad SMARTS) is 1. The van der Waals surface area contributed by atoms with Gasteiger partial charge in [-0.1, -0.05) is 22.0 Å². The van der Waals surface area contributed by atoms with Crippen LogP contribution in [-0.2, 0) is 10.5 Å².